The van der Waals surface area contributed by atoms with Crippen LogP contribution in [0, 0.1) is 0 Å². The summed E-state index contributed by atoms with van der Waals surface area (Å²) in [4.78, 5) is 30.0. The number of nitrogens with zero attached hydrogens (tertiary/aromatic N) is 2. The first kappa shape index (κ1) is 20.4. The zero-order valence-electron chi connectivity index (χ0n) is 16.8. The number of halogens is 1. The van der Waals surface area contributed by atoms with Crippen molar-refractivity contribution in [2.45, 2.75) is 6.42 Å². The largest absolute Gasteiger partial charge is 0.497 e. The van der Waals surface area contributed by atoms with Crippen molar-refractivity contribution >= 4 is 29.0 Å². The summed E-state index contributed by atoms with van der Waals surface area (Å²) in [7, 11) is 1.59. The number of ether oxygens (including phenoxy) is 2. The topological polar surface area (TPSA) is 59.1 Å². The molecule has 0 unspecified atom stereocenters. The van der Waals surface area contributed by atoms with Crippen LogP contribution in [0.1, 0.15) is 11.1 Å². The zero-order valence-corrected chi connectivity index (χ0v) is 17.5. The predicted molar refractivity (Wildman–Crippen MR) is 114 cm³/mol. The molecule has 0 bridgehead atoms. The van der Waals surface area contributed by atoms with Crippen molar-refractivity contribution in [3.8, 4) is 5.75 Å². The lowest BCUT2D eigenvalue weighted by molar-refractivity contribution is -0.137. The van der Waals surface area contributed by atoms with E-state index in [1.165, 1.54) is 4.90 Å². The highest BCUT2D eigenvalue weighted by molar-refractivity contribution is 6.35. The van der Waals surface area contributed by atoms with Crippen LogP contribution in [-0.4, -0.2) is 61.6 Å². The molecule has 2 aromatic rings. The number of benzene rings is 2. The van der Waals surface area contributed by atoms with Gasteiger partial charge in [-0.25, -0.2) is 0 Å². The molecular weight excluding hydrogens is 404 g/mol. The maximum atomic E-state index is 13.3. The number of imide groups is 1. The molecule has 30 heavy (non-hydrogen) atoms. The van der Waals surface area contributed by atoms with Gasteiger partial charge in [-0.2, -0.15) is 0 Å². The molecule has 1 saturated heterocycles. The fourth-order valence-electron chi connectivity index (χ4n) is 3.76. The van der Waals surface area contributed by atoms with Crippen LogP contribution in [0.5, 0.6) is 5.75 Å². The highest BCUT2D eigenvalue weighted by Gasteiger charge is 2.41. The van der Waals surface area contributed by atoms with E-state index in [0.717, 1.165) is 5.56 Å². The first-order valence-electron chi connectivity index (χ1n) is 9.90. The van der Waals surface area contributed by atoms with E-state index in [0.29, 0.717) is 66.9 Å². The average molecular weight is 427 g/mol. The minimum atomic E-state index is -0.263. The molecule has 4 rings (SSSR count). The third-order valence-corrected chi connectivity index (χ3v) is 5.64. The van der Waals surface area contributed by atoms with Crippen LogP contribution in [0.25, 0.3) is 5.57 Å². The Bertz CT molecular complexity index is 964. The SMILES string of the molecule is COc1ccc(C2=C(N3CCOCC3)C(=O)N(CCc3ccc(Cl)cc3)C2=O)cc1. The molecule has 0 N–H and O–H groups in total. The summed E-state index contributed by atoms with van der Waals surface area (Å²) >= 11 is 5.95. The van der Waals surface area contributed by atoms with Gasteiger partial charge in [-0.1, -0.05) is 35.9 Å². The summed E-state index contributed by atoms with van der Waals surface area (Å²) in [5.41, 5.74) is 2.64. The van der Waals surface area contributed by atoms with E-state index < -0.39 is 0 Å². The normalized spacial score (nSPS) is 17.1. The van der Waals surface area contributed by atoms with Crippen LogP contribution in [0.15, 0.2) is 54.2 Å². The second kappa shape index (κ2) is 8.90. The Kier molecular flexibility index (Phi) is 6.06. The molecule has 2 aliphatic heterocycles. The Morgan fingerprint density at radius 1 is 0.967 bits per heavy atom. The van der Waals surface area contributed by atoms with Crippen molar-refractivity contribution in [2.24, 2.45) is 0 Å². The lowest BCUT2D eigenvalue weighted by Gasteiger charge is -2.29. The molecule has 0 aliphatic carbocycles. The van der Waals surface area contributed by atoms with Gasteiger partial charge in [0.05, 0.1) is 25.9 Å². The molecule has 0 aromatic heterocycles. The number of morpholine rings is 1. The Labute approximate surface area is 180 Å². The van der Waals surface area contributed by atoms with Crippen molar-refractivity contribution < 1.29 is 19.1 Å². The Morgan fingerprint density at radius 2 is 1.63 bits per heavy atom. The predicted octanol–water partition coefficient (Wildman–Crippen LogP) is 3.00. The third kappa shape index (κ3) is 4.06. The second-order valence-corrected chi connectivity index (χ2v) is 7.63. The Balaban J connectivity index is 1.63. The lowest BCUT2D eigenvalue weighted by Crippen LogP contribution is -2.40. The van der Waals surface area contributed by atoms with Gasteiger partial charge in [0.1, 0.15) is 11.4 Å². The van der Waals surface area contributed by atoms with Crippen LogP contribution in [0.4, 0.5) is 0 Å². The number of hydrogen-bond donors (Lipinski definition) is 0. The minimum Gasteiger partial charge on any atom is -0.497 e. The molecule has 0 atom stereocenters. The third-order valence-electron chi connectivity index (χ3n) is 5.39. The molecule has 2 heterocycles. The van der Waals surface area contributed by atoms with E-state index in [2.05, 4.69) is 0 Å². The monoisotopic (exact) mass is 426 g/mol. The number of carbonyl (C=O) groups excluding carboxylic acids is 2. The summed E-state index contributed by atoms with van der Waals surface area (Å²) < 4.78 is 10.7. The summed E-state index contributed by atoms with van der Waals surface area (Å²) in [5.74, 6) is 0.186. The highest BCUT2D eigenvalue weighted by atomic mass is 35.5. The van der Waals surface area contributed by atoms with Crippen LogP contribution in [-0.2, 0) is 20.7 Å². The van der Waals surface area contributed by atoms with Crippen molar-refractivity contribution in [1.82, 2.24) is 9.80 Å². The van der Waals surface area contributed by atoms with Crippen LogP contribution >= 0.6 is 11.6 Å². The first-order chi connectivity index (χ1) is 14.6. The lowest BCUT2D eigenvalue weighted by atomic mass is 10.0. The molecule has 0 spiro atoms. The van der Waals surface area contributed by atoms with E-state index >= 15 is 0 Å². The molecule has 6 nitrogen and oxygen atoms in total. The van der Waals surface area contributed by atoms with E-state index in [1.807, 2.05) is 41.3 Å². The van der Waals surface area contributed by atoms with Gasteiger partial charge in [-0.3, -0.25) is 14.5 Å². The van der Waals surface area contributed by atoms with Crippen molar-refractivity contribution in [3.05, 3.63) is 70.4 Å². The Hall–Kier alpha value is -2.83. The fourth-order valence-corrected chi connectivity index (χ4v) is 3.88. The highest BCUT2D eigenvalue weighted by Crippen LogP contribution is 2.33. The Morgan fingerprint density at radius 3 is 2.27 bits per heavy atom. The summed E-state index contributed by atoms with van der Waals surface area (Å²) in [6, 6.07) is 14.7. The molecule has 0 radical (unpaired) electrons. The van der Waals surface area contributed by atoms with Crippen molar-refractivity contribution in [2.75, 3.05) is 40.0 Å². The quantitative estimate of drug-likeness (QED) is 0.664. The van der Waals surface area contributed by atoms with Gasteiger partial charge in [0.2, 0.25) is 0 Å². The first-order valence-corrected chi connectivity index (χ1v) is 10.3. The van der Waals surface area contributed by atoms with Gasteiger partial charge in [0.15, 0.2) is 0 Å². The minimum absolute atomic E-state index is 0.248. The fraction of sp³-hybridized carbons (Fsp3) is 0.304. The molecule has 7 heteroatoms. The average Bonchev–Trinajstić information content (AvgIpc) is 3.03. The number of methoxy groups -OCH3 is 1. The van der Waals surface area contributed by atoms with E-state index in [-0.39, 0.29) is 11.8 Å². The van der Waals surface area contributed by atoms with Crippen LogP contribution in [0.3, 0.4) is 0 Å². The molecule has 1 fully saturated rings. The summed E-state index contributed by atoms with van der Waals surface area (Å²) in [5, 5.41) is 0.658. The van der Waals surface area contributed by atoms with Gasteiger partial charge < -0.3 is 14.4 Å². The molecular formula is C23H23ClN2O4. The molecule has 156 valence electrons. The number of amides is 2. The van der Waals surface area contributed by atoms with Gasteiger partial charge >= 0.3 is 0 Å². The maximum Gasteiger partial charge on any atom is 0.277 e. The molecule has 2 aromatic carbocycles. The van der Waals surface area contributed by atoms with E-state index in [9.17, 15) is 9.59 Å². The van der Waals surface area contributed by atoms with E-state index in [1.54, 1.807) is 19.2 Å². The standard InChI is InChI=1S/C23H23ClN2O4/c1-29-19-8-4-17(5-9-19)20-21(25-12-14-30-15-13-25)23(28)26(22(20)27)11-10-16-2-6-18(24)7-3-16/h2-9H,10-15H2,1H3. The van der Waals surface area contributed by atoms with Gasteiger partial charge in [-0.05, 0) is 41.8 Å². The van der Waals surface area contributed by atoms with Gasteiger partial charge in [-0.15, -0.1) is 0 Å². The zero-order chi connectivity index (χ0) is 21.1. The number of carbonyl (C=O) groups is 2. The summed E-state index contributed by atoms with van der Waals surface area (Å²) in [6.45, 7) is 2.54. The number of hydrogen-bond acceptors (Lipinski definition) is 5. The molecule has 2 amide bonds. The van der Waals surface area contributed by atoms with Crippen molar-refractivity contribution in [1.29, 1.82) is 0 Å². The van der Waals surface area contributed by atoms with Crippen LogP contribution in [0.2, 0.25) is 5.02 Å². The molecule has 0 saturated carbocycles. The van der Waals surface area contributed by atoms with Gasteiger partial charge in [0, 0.05) is 24.7 Å². The van der Waals surface area contributed by atoms with Crippen molar-refractivity contribution in [3.63, 3.8) is 0 Å². The van der Waals surface area contributed by atoms with Gasteiger partial charge in [0.25, 0.3) is 11.8 Å². The second-order valence-electron chi connectivity index (χ2n) is 7.19. The molecule has 2 aliphatic rings. The smallest absolute Gasteiger partial charge is 0.277 e. The summed E-state index contributed by atoms with van der Waals surface area (Å²) in [6.07, 6.45) is 0.570. The number of rotatable bonds is 6. The maximum absolute atomic E-state index is 13.3. The van der Waals surface area contributed by atoms with E-state index in [4.69, 9.17) is 21.1 Å². The van der Waals surface area contributed by atoms with Crippen LogP contribution < -0.4 is 4.74 Å².